The smallest absolute Gasteiger partial charge is 0.160 e. The maximum Gasteiger partial charge on any atom is 0.160 e. The molecule has 3 rings (SSSR count). The Kier molecular flexibility index (Phi) is 2.11. The summed E-state index contributed by atoms with van der Waals surface area (Å²) in [7, 11) is 0. The maximum atomic E-state index is 10.7. The first-order valence-electron chi connectivity index (χ1n) is 4.98. The molecule has 1 N–H and O–H groups in total. The Hall–Kier alpha value is -1.87. The van der Waals surface area contributed by atoms with E-state index in [4.69, 9.17) is 0 Å². The molecular weight excluding hydrogens is 218 g/mol. The second kappa shape index (κ2) is 3.61. The summed E-state index contributed by atoms with van der Waals surface area (Å²) in [4.78, 5) is 14.7. The van der Waals surface area contributed by atoms with Crippen LogP contribution in [0.1, 0.15) is 9.67 Å². The minimum absolute atomic E-state index is 0.763. The lowest BCUT2D eigenvalue weighted by Crippen LogP contribution is -1.77. The van der Waals surface area contributed by atoms with Gasteiger partial charge >= 0.3 is 0 Å². The van der Waals surface area contributed by atoms with E-state index < -0.39 is 0 Å². The zero-order chi connectivity index (χ0) is 11.0. The lowest BCUT2D eigenvalue weighted by atomic mass is 10.1. The summed E-state index contributed by atoms with van der Waals surface area (Å²) >= 11 is 1.47. The number of fused-ring (bicyclic) bond motifs is 1. The monoisotopic (exact) mass is 227 g/mol. The van der Waals surface area contributed by atoms with E-state index in [2.05, 4.69) is 17.1 Å². The highest BCUT2D eigenvalue weighted by molar-refractivity contribution is 7.12. The number of thiophene rings is 1. The van der Waals surface area contributed by atoms with Crippen LogP contribution in [0.5, 0.6) is 0 Å². The molecule has 78 valence electrons. The van der Waals surface area contributed by atoms with Crippen LogP contribution in [-0.2, 0) is 0 Å². The van der Waals surface area contributed by atoms with Gasteiger partial charge in [0.2, 0.25) is 0 Å². The molecule has 1 aromatic carbocycles. The van der Waals surface area contributed by atoms with Gasteiger partial charge in [0, 0.05) is 11.8 Å². The number of carbonyl (C=O) groups is 1. The SMILES string of the molecule is O=Cc1cc(-c2cccc3cc[nH]c23)cs1. The number of H-pyrrole nitrogens is 1. The number of aldehydes is 1. The van der Waals surface area contributed by atoms with Crippen LogP contribution in [0.4, 0.5) is 0 Å². The van der Waals surface area contributed by atoms with Crippen molar-refractivity contribution in [1.82, 2.24) is 4.98 Å². The summed E-state index contributed by atoms with van der Waals surface area (Å²) in [6.07, 6.45) is 2.82. The van der Waals surface area contributed by atoms with E-state index in [1.165, 1.54) is 16.7 Å². The first-order chi connectivity index (χ1) is 7.88. The number of carbonyl (C=O) groups excluding carboxylic acids is 1. The topological polar surface area (TPSA) is 32.9 Å². The molecule has 2 aromatic heterocycles. The van der Waals surface area contributed by atoms with E-state index in [1.54, 1.807) is 0 Å². The fraction of sp³-hybridized carbons (Fsp3) is 0. The predicted octanol–water partition coefficient (Wildman–Crippen LogP) is 3.71. The zero-order valence-corrected chi connectivity index (χ0v) is 9.25. The minimum atomic E-state index is 0.763. The van der Waals surface area contributed by atoms with Crippen molar-refractivity contribution in [3.05, 3.63) is 46.8 Å². The van der Waals surface area contributed by atoms with Crippen molar-refractivity contribution in [3.8, 4) is 11.1 Å². The van der Waals surface area contributed by atoms with Gasteiger partial charge in [-0.15, -0.1) is 11.3 Å². The minimum Gasteiger partial charge on any atom is -0.361 e. The normalized spacial score (nSPS) is 10.8. The predicted molar refractivity (Wildman–Crippen MR) is 67.0 cm³/mol. The summed E-state index contributed by atoms with van der Waals surface area (Å²) < 4.78 is 0. The highest BCUT2D eigenvalue weighted by Crippen LogP contribution is 2.30. The van der Waals surface area contributed by atoms with Gasteiger partial charge in [-0.25, -0.2) is 0 Å². The van der Waals surface area contributed by atoms with E-state index in [1.807, 2.05) is 29.8 Å². The van der Waals surface area contributed by atoms with Crippen LogP contribution in [0.25, 0.3) is 22.0 Å². The van der Waals surface area contributed by atoms with Crippen molar-refractivity contribution in [2.24, 2.45) is 0 Å². The summed E-state index contributed by atoms with van der Waals surface area (Å²) in [5.74, 6) is 0. The summed E-state index contributed by atoms with van der Waals surface area (Å²) in [6, 6.07) is 10.1. The van der Waals surface area contributed by atoms with Gasteiger partial charge in [0.05, 0.1) is 10.4 Å². The molecular formula is C13H9NOS. The van der Waals surface area contributed by atoms with Crippen LogP contribution >= 0.6 is 11.3 Å². The van der Waals surface area contributed by atoms with Crippen LogP contribution in [-0.4, -0.2) is 11.3 Å². The summed E-state index contributed by atoms with van der Waals surface area (Å²) in [5, 5.41) is 3.20. The molecule has 0 atom stereocenters. The Morgan fingerprint density at radius 1 is 1.25 bits per heavy atom. The van der Waals surface area contributed by atoms with E-state index in [-0.39, 0.29) is 0 Å². The number of nitrogens with one attached hydrogen (secondary N) is 1. The molecule has 3 aromatic rings. The van der Waals surface area contributed by atoms with E-state index in [9.17, 15) is 4.79 Å². The summed E-state index contributed by atoms with van der Waals surface area (Å²) in [5.41, 5.74) is 3.37. The molecule has 0 fully saturated rings. The molecule has 0 aliphatic rings. The Morgan fingerprint density at radius 3 is 3.00 bits per heavy atom. The molecule has 0 aliphatic heterocycles. The van der Waals surface area contributed by atoms with Gasteiger partial charge in [0.25, 0.3) is 0 Å². The lowest BCUT2D eigenvalue weighted by molar-refractivity contribution is 0.112. The van der Waals surface area contributed by atoms with Gasteiger partial charge in [-0.3, -0.25) is 4.79 Å². The van der Waals surface area contributed by atoms with Crippen molar-refractivity contribution in [1.29, 1.82) is 0 Å². The second-order valence-corrected chi connectivity index (χ2v) is 4.55. The Morgan fingerprint density at radius 2 is 2.19 bits per heavy atom. The molecule has 0 aliphatic carbocycles. The third kappa shape index (κ3) is 1.37. The van der Waals surface area contributed by atoms with E-state index in [0.717, 1.165) is 27.8 Å². The molecule has 0 spiro atoms. The molecule has 0 unspecified atom stereocenters. The second-order valence-electron chi connectivity index (χ2n) is 3.60. The highest BCUT2D eigenvalue weighted by Gasteiger charge is 2.06. The first kappa shape index (κ1) is 9.36. The van der Waals surface area contributed by atoms with Crippen LogP contribution in [0.3, 0.4) is 0 Å². The average molecular weight is 227 g/mol. The molecule has 16 heavy (non-hydrogen) atoms. The van der Waals surface area contributed by atoms with E-state index >= 15 is 0 Å². The number of hydrogen-bond donors (Lipinski definition) is 1. The quantitative estimate of drug-likeness (QED) is 0.665. The Labute approximate surface area is 96.5 Å². The van der Waals surface area contributed by atoms with Crippen molar-refractivity contribution >= 4 is 28.5 Å². The molecule has 2 heterocycles. The van der Waals surface area contributed by atoms with Crippen LogP contribution in [0.15, 0.2) is 41.9 Å². The third-order valence-corrected chi connectivity index (χ3v) is 3.49. The molecule has 2 nitrogen and oxygen atoms in total. The van der Waals surface area contributed by atoms with Crippen molar-refractivity contribution in [2.75, 3.05) is 0 Å². The van der Waals surface area contributed by atoms with Crippen LogP contribution in [0.2, 0.25) is 0 Å². The Balaban J connectivity index is 2.24. The fourth-order valence-electron chi connectivity index (χ4n) is 1.88. The number of hydrogen-bond acceptors (Lipinski definition) is 2. The molecule has 0 bridgehead atoms. The van der Waals surface area contributed by atoms with Gasteiger partial charge < -0.3 is 4.98 Å². The largest absolute Gasteiger partial charge is 0.361 e. The maximum absolute atomic E-state index is 10.7. The third-order valence-electron chi connectivity index (χ3n) is 2.63. The molecule has 3 heteroatoms. The number of para-hydroxylation sites is 1. The van der Waals surface area contributed by atoms with Gasteiger partial charge in [0.15, 0.2) is 6.29 Å². The van der Waals surface area contributed by atoms with Gasteiger partial charge in [-0.2, -0.15) is 0 Å². The van der Waals surface area contributed by atoms with Crippen molar-refractivity contribution in [2.45, 2.75) is 0 Å². The Bertz CT molecular complexity index is 651. The van der Waals surface area contributed by atoms with Gasteiger partial charge in [-0.1, -0.05) is 18.2 Å². The molecule has 0 saturated heterocycles. The van der Waals surface area contributed by atoms with Crippen LogP contribution in [0, 0.1) is 0 Å². The van der Waals surface area contributed by atoms with Gasteiger partial charge in [0.1, 0.15) is 0 Å². The number of benzene rings is 1. The average Bonchev–Trinajstić information content (AvgIpc) is 2.97. The van der Waals surface area contributed by atoms with Crippen LogP contribution < -0.4 is 0 Å². The lowest BCUT2D eigenvalue weighted by Gasteiger charge is -1.99. The number of rotatable bonds is 2. The molecule has 0 saturated carbocycles. The van der Waals surface area contributed by atoms with Gasteiger partial charge in [-0.05, 0) is 28.5 Å². The number of aromatic amines is 1. The highest BCUT2D eigenvalue weighted by atomic mass is 32.1. The van der Waals surface area contributed by atoms with Crippen molar-refractivity contribution in [3.63, 3.8) is 0 Å². The standard InChI is InChI=1S/C13H9NOS/c15-7-11-6-10(8-16-11)12-3-1-2-9-4-5-14-13(9)12/h1-8,14H. The first-order valence-corrected chi connectivity index (χ1v) is 5.86. The molecule has 0 amide bonds. The van der Waals surface area contributed by atoms with E-state index in [0.29, 0.717) is 0 Å². The fourth-order valence-corrected chi connectivity index (χ4v) is 2.59. The number of aromatic nitrogens is 1. The van der Waals surface area contributed by atoms with Crippen molar-refractivity contribution < 1.29 is 4.79 Å². The zero-order valence-electron chi connectivity index (χ0n) is 8.44. The summed E-state index contributed by atoms with van der Waals surface area (Å²) in [6.45, 7) is 0. The molecule has 0 radical (unpaired) electrons.